The lowest BCUT2D eigenvalue weighted by atomic mass is 10.1. The molecule has 0 aliphatic carbocycles. The first-order valence-corrected chi connectivity index (χ1v) is 8.31. The molecule has 0 bridgehead atoms. The summed E-state index contributed by atoms with van der Waals surface area (Å²) in [6.07, 6.45) is 1.26. The molecule has 1 aliphatic rings. The topological polar surface area (TPSA) is 71.7 Å². The minimum atomic E-state index is -0.510. The smallest absolute Gasteiger partial charge is 0.410 e. The normalized spacial score (nSPS) is 15.5. The van der Waals surface area contributed by atoms with Crippen molar-refractivity contribution in [3.05, 3.63) is 30.2 Å². The van der Waals surface area contributed by atoms with Crippen molar-refractivity contribution in [3.63, 3.8) is 0 Å². The molecule has 1 fully saturated rings. The predicted molar refractivity (Wildman–Crippen MR) is 96.1 cm³/mol. The Kier molecular flexibility index (Phi) is 4.41. The summed E-state index contributed by atoms with van der Waals surface area (Å²) in [7, 11) is 0. The standard InChI is InChI=1S/C18H23FN4O2/c1-18(2,3)25-17(24)23-8-6-22(7-9-23)13-10-12-4-5-21-16(20)15(12)14(19)11-13/h4-5,10-11H,6-9H2,1-3H3,(H2,20,21). The van der Waals surface area contributed by atoms with Crippen molar-refractivity contribution in [3.8, 4) is 0 Å². The van der Waals surface area contributed by atoms with E-state index >= 15 is 0 Å². The molecule has 0 atom stereocenters. The maximum Gasteiger partial charge on any atom is 0.410 e. The number of piperazine rings is 1. The minimum Gasteiger partial charge on any atom is -0.444 e. The van der Waals surface area contributed by atoms with Crippen LogP contribution in [0.4, 0.5) is 20.7 Å². The Balaban J connectivity index is 1.73. The molecule has 2 N–H and O–H groups in total. The van der Waals surface area contributed by atoms with Gasteiger partial charge in [-0.15, -0.1) is 0 Å². The molecule has 1 aromatic carbocycles. The number of carbonyl (C=O) groups is 1. The monoisotopic (exact) mass is 346 g/mol. The molecule has 7 heteroatoms. The zero-order valence-corrected chi connectivity index (χ0v) is 14.8. The second-order valence-corrected chi connectivity index (χ2v) is 7.18. The number of benzene rings is 1. The average molecular weight is 346 g/mol. The number of carbonyl (C=O) groups excluding carboxylic acids is 1. The van der Waals surface area contributed by atoms with Crippen molar-refractivity contribution in [2.75, 3.05) is 36.8 Å². The highest BCUT2D eigenvalue weighted by molar-refractivity contribution is 5.93. The lowest BCUT2D eigenvalue weighted by Gasteiger charge is -2.36. The van der Waals surface area contributed by atoms with E-state index in [0.717, 1.165) is 11.1 Å². The van der Waals surface area contributed by atoms with E-state index in [4.69, 9.17) is 10.5 Å². The molecule has 3 rings (SSSR count). The van der Waals surface area contributed by atoms with Crippen LogP contribution in [-0.2, 0) is 4.74 Å². The first-order chi connectivity index (χ1) is 11.7. The van der Waals surface area contributed by atoms with Gasteiger partial charge in [-0.2, -0.15) is 0 Å². The number of fused-ring (bicyclic) bond motifs is 1. The van der Waals surface area contributed by atoms with Crippen LogP contribution < -0.4 is 10.6 Å². The van der Waals surface area contributed by atoms with Gasteiger partial charge in [0.2, 0.25) is 0 Å². The molecule has 1 aromatic heterocycles. The van der Waals surface area contributed by atoms with Crippen LogP contribution >= 0.6 is 0 Å². The molecule has 0 saturated carbocycles. The van der Waals surface area contributed by atoms with Gasteiger partial charge in [-0.05, 0) is 44.4 Å². The van der Waals surface area contributed by atoms with E-state index < -0.39 is 5.60 Å². The lowest BCUT2D eigenvalue weighted by molar-refractivity contribution is 0.0240. The Morgan fingerprint density at radius 3 is 2.56 bits per heavy atom. The number of nitrogens with two attached hydrogens (primary N) is 1. The Hall–Kier alpha value is -2.57. The quantitative estimate of drug-likeness (QED) is 0.859. The number of rotatable bonds is 1. The van der Waals surface area contributed by atoms with E-state index in [1.54, 1.807) is 17.2 Å². The van der Waals surface area contributed by atoms with Crippen molar-refractivity contribution in [1.29, 1.82) is 0 Å². The fourth-order valence-corrected chi connectivity index (χ4v) is 2.93. The van der Waals surface area contributed by atoms with Crippen molar-refractivity contribution in [2.45, 2.75) is 26.4 Å². The third kappa shape index (κ3) is 3.75. The first kappa shape index (κ1) is 17.3. The zero-order valence-electron chi connectivity index (χ0n) is 14.8. The second-order valence-electron chi connectivity index (χ2n) is 7.18. The van der Waals surface area contributed by atoms with Crippen LogP contribution in [0.5, 0.6) is 0 Å². The van der Waals surface area contributed by atoms with E-state index in [-0.39, 0.29) is 17.7 Å². The van der Waals surface area contributed by atoms with E-state index in [0.29, 0.717) is 31.6 Å². The van der Waals surface area contributed by atoms with Gasteiger partial charge in [0.25, 0.3) is 0 Å². The van der Waals surface area contributed by atoms with Crippen molar-refractivity contribution >= 4 is 28.4 Å². The Labute approximate surface area is 146 Å². The van der Waals surface area contributed by atoms with E-state index in [1.165, 1.54) is 6.07 Å². The van der Waals surface area contributed by atoms with E-state index in [9.17, 15) is 9.18 Å². The molecule has 25 heavy (non-hydrogen) atoms. The van der Waals surface area contributed by atoms with Gasteiger partial charge in [0.15, 0.2) is 0 Å². The molecule has 0 unspecified atom stereocenters. The largest absolute Gasteiger partial charge is 0.444 e. The number of hydrogen-bond acceptors (Lipinski definition) is 5. The summed E-state index contributed by atoms with van der Waals surface area (Å²) in [4.78, 5) is 19.8. The maximum atomic E-state index is 14.4. The van der Waals surface area contributed by atoms with Crippen molar-refractivity contribution in [2.24, 2.45) is 0 Å². The highest BCUT2D eigenvalue weighted by Gasteiger charge is 2.26. The average Bonchev–Trinajstić information content (AvgIpc) is 2.53. The Morgan fingerprint density at radius 2 is 1.92 bits per heavy atom. The molecule has 2 aromatic rings. The fourth-order valence-electron chi connectivity index (χ4n) is 2.93. The number of pyridine rings is 1. The molecule has 6 nitrogen and oxygen atoms in total. The third-order valence-corrected chi connectivity index (χ3v) is 4.13. The Morgan fingerprint density at radius 1 is 1.24 bits per heavy atom. The molecule has 1 saturated heterocycles. The summed E-state index contributed by atoms with van der Waals surface area (Å²) in [5, 5.41) is 1.07. The first-order valence-electron chi connectivity index (χ1n) is 8.31. The zero-order chi connectivity index (χ0) is 18.2. The van der Waals surface area contributed by atoms with E-state index in [2.05, 4.69) is 9.88 Å². The number of nitrogen functional groups attached to an aromatic ring is 1. The van der Waals surface area contributed by atoms with Gasteiger partial charge < -0.3 is 20.3 Å². The molecule has 1 amide bonds. The summed E-state index contributed by atoms with van der Waals surface area (Å²) in [6, 6.07) is 5.12. The molecule has 0 spiro atoms. The Bertz CT molecular complexity index is 795. The lowest BCUT2D eigenvalue weighted by Crippen LogP contribution is -2.50. The third-order valence-electron chi connectivity index (χ3n) is 4.13. The SMILES string of the molecule is CC(C)(C)OC(=O)N1CCN(c2cc(F)c3c(N)nccc3c2)CC1. The van der Waals surface area contributed by atoms with Gasteiger partial charge in [-0.1, -0.05) is 0 Å². The maximum absolute atomic E-state index is 14.4. The fraction of sp³-hybridized carbons (Fsp3) is 0.444. The highest BCUT2D eigenvalue weighted by atomic mass is 19.1. The van der Waals surface area contributed by atoms with Crippen LogP contribution in [-0.4, -0.2) is 47.8 Å². The second kappa shape index (κ2) is 6.38. The number of ether oxygens (including phenoxy) is 1. The van der Waals surface area contributed by atoms with Gasteiger partial charge in [-0.25, -0.2) is 14.2 Å². The number of anilines is 2. The molecule has 134 valence electrons. The molecule has 1 aliphatic heterocycles. The van der Waals surface area contributed by atoms with Crippen molar-refractivity contribution in [1.82, 2.24) is 9.88 Å². The summed E-state index contributed by atoms with van der Waals surface area (Å²) >= 11 is 0. The summed E-state index contributed by atoms with van der Waals surface area (Å²) in [5.41, 5.74) is 6.03. The van der Waals surface area contributed by atoms with Crippen LogP contribution in [0.3, 0.4) is 0 Å². The summed E-state index contributed by atoms with van der Waals surface area (Å²) in [6.45, 7) is 7.84. The number of amides is 1. The van der Waals surface area contributed by atoms with Gasteiger partial charge in [0.05, 0.1) is 5.39 Å². The number of hydrogen-bond donors (Lipinski definition) is 1. The van der Waals surface area contributed by atoms with Crippen LogP contribution in [0.25, 0.3) is 10.8 Å². The molecule has 2 heterocycles. The number of aromatic nitrogens is 1. The predicted octanol–water partition coefficient (Wildman–Crippen LogP) is 3.01. The van der Waals surface area contributed by atoms with Crippen LogP contribution in [0.15, 0.2) is 24.4 Å². The number of halogens is 1. The minimum absolute atomic E-state index is 0.191. The van der Waals surface area contributed by atoms with Gasteiger partial charge in [0.1, 0.15) is 17.2 Å². The molecular weight excluding hydrogens is 323 g/mol. The molecular formula is C18H23FN4O2. The van der Waals surface area contributed by atoms with Gasteiger partial charge >= 0.3 is 6.09 Å². The van der Waals surface area contributed by atoms with Crippen LogP contribution in [0, 0.1) is 5.82 Å². The van der Waals surface area contributed by atoms with E-state index in [1.807, 2.05) is 26.8 Å². The summed E-state index contributed by atoms with van der Waals surface area (Å²) < 4.78 is 19.8. The highest BCUT2D eigenvalue weighted by Crippen LogP contribution is 2.28. The van der Waals surface area contributed by atoms with Gasteiger partial charge in [0, 0.05) is 38.1 Å². The van der Waals surface area contributed by atoms with Gasteiger partial charge in [-0.3, -0.25) is 0 Å². The van der Waals surface area contributed by atoms with Crippen molar-refractivity contribution < 1.29 is 13.9 Å². The number of nitrogens with zero attached hydrogens (tertiary/aromatic N) is 3. The van der Waals surface area contributed by atoms with Crippen LogP contribution in [0.1, 0.15) is 20.8 Å². The van der Waals surface area contributed by atoms with Crippen LogP contribution in [0.2, 0.25) is 0 Å². The summed E-state index contributed by atoms with van der Waals surface area (Å²) in [5.74, 6) is -0.191. The molecule has 0 radical (unpaired) electrons.